The lowest BCUT2D eigenvalue weighted by atomic mass is 9.97. The molecule has 5 heterocycles. The molecule has 10 aromatic carbocycles. The van der Waals surface area contributed by atoms with E-state index in [1.807, 2.05) is 47.7 Å². The van der Waals surface area contributed by atoms with Crippen LogP contribution in [-0.4, -0.2) is 19.5 Å². The summed E-state index contributed by atoms with van der Waals surface area (Å²) in [5, 5.41) is 13.9. The number of para-hydroxylation sites is 3. The number of aromatic nitrogens is 4. The first-order valence-corrected chi connectivity index (χ1v) is 22.9. The summed E-state index contributed by atoms with van der Waals surface area (Å²) in [4.78, 5) is 16.2. The molecule has 15 aromatic rings. The fourth-order valence-corrected chi connectivity index (χ4v) is 11.7. The highest BCUT2D eigenvalue weighted by Crippen LogP contribution is 2.47. The second-order valence-electron chi connectivity index (χ2n) is 17.1. The molecule has 0 fully saturated rings. The Balaban J connectivity index is 1.05. The van der Waals surface area contributed by atoms with Crippen LogP contribution in [0.25, 0.3) is 147 Å². The van der Waals surface area contributed by atoms with E-state index >= 15 is 0 Å². The van der Waals surface area contributed by atoms with Gasteiger partial charge >= 0.3 is 0 Å². The third-order valence-corrected chi connectivity index (χ3v) is 14.7. The molecule has 0 atom stereocenters. The molecule has 5 aromatic heterocycles. The largest absolute Gasteiger partial charge is 0.456 e. The van der Waals surface area contributed by atoms with Crippen molar-refractivity contribution >= 4 is 119 Å². The Morgan fingerprint density at radius 1 is 0.379 bits per heavy atom. The van der Waals surface area contributed by atoms with Gasteiger partial charge in [0.15, 0.2) is 11.6 Å². The molecule has 6 nitrogen and oxygen atoms in total. The van der Waals surface area contributed by atoms with Gasteiger partial charge in [0.05, 0.1) is 11.0 Å². The van der Waals surface area contributed by atoms with Gasteiger partial charge in [-0.2, -0.15) is 9.97 Å². The third kappa shape index (κ3) is 5.08. The van der Waals surface area contributed by atoms with Gasteiger partial charge in [0, 0.05) is 74.7 Å². The minimum atomic E-state index is 0.515. The van der Waals surface area contributed by atoms with Crippen LogP contribution in [0.3, 0.4) is 0 Å². The van der Waals surface area contributed by atoms with Crippen molar-refractivity contribution in [3.8, 4) is 39.9 Å². The van der Waals surface area contributed by atoms with Gasteiger partial charge in [-0.3, -0.25) is 4.57 Å². The summed E-state index contributed by atoms with van der Waals surface area (Å²) in [6.07, 6.45) is 0. The Morgan fingerprint density at radius 3 is 1.58 bits per heavy atom. The van der Waals surface area contributed by atoms with Crippen molar-refractivity contribution in [2.45, 2.75) is 0 Å². The van der Waals surface area contributed by atoms with Crippen molar-refractivity contribution in [2.24, 2.45) is 0 Å². The van der Waals surface area contributed by atoms with Crippen molar-refractivity contribution in [1.82, 2.24) is 19.5 Å². The Morgan fingerprint density at radius 2 is 0.909 bits per heavy atom. The topological polar surface area (TPSA) is 69.9 Å². The fraction of sp³-hybridized carbons (Fsp3) is 0. The van der Waals surface area contributed by atoms with E-state index in [-0.39, 0.29) is 0 Å². The fourth-order valence-electron chi connectivity index (χ4n) is 10.5. The molecule has 0 radical (unpaired) electrons. The molecular weight excluding hydrogens is 829 g/mol. The van der Waals surface area contributed by atoms with Gasteiger partial charge in [-0.25, -0.2) is 4.98 Å². The monoisotopic (exact) mass is 860 g/mol. The number of furan rings is 2. The molecular formula is C59H32N4O2S. The smallest absolute Gasteiger partial charge is 0.238 e. The molecule has 0 unspecified atom stereocenters. The van der Waals surface area contributed by atoms with E-state index in [9.17, 15) is 0 Å². The summed E-state index contributed by atoms with van der Waals surface area (Å²) in [6, 6.07) is 68.5. The van der Waals surface area contributed by atoms with E-state index in [0.29, 0.717) is 17.6 Å². The molecule has 0 aliphatic heterocycles. The molecule has 66 heavy (non-hydrogen) atoms. The van der Waals surface area contributed by atoms with Crippen LogP contribution >= 0.6 is 11.3 Å². The summed E-state index contributed by atoms with van der Waals surface area (Å²) < 4.78 is 17.6. The minimum Gasteiger partial charge on any atom is -0.456 e. The highest BCUT2D eigenvalue weighted by molar-refractivity contribution is 7.26. The van der Waals surface area contributed by atoms with Crippen LogP contribution in [0.1, 0.15) is 0 Å². The van der Waals surface area contributed by atoms with E-state index in [1.165, 1.54) is 41.7 Å². The predicted octanol–water partition coefficient (Wildman–Crippen LogP) is 16.4. The predicted molar refractivity (Wildman–Crippen MR) is 273 cm³/mol. The van der Waals surface area contributed by atoms with Crippen LogP contribution in [0.4, 0.5) is 0 Å². The molecule has 0 bridgehead atoms. The lowest BCUT2D eigenvalue weighted by molar-refractivity contribution is 0.668. The zero-order chi connectivity index (χ0) is 43.0. The maximum absolute atomic E-state index is 6.42. The zero-order valence-corrected chi connectivity index (χ0v) is 35.8. The highest BCUT2D eigenvalue weighted by atomic mass is 32.1. The van der Waals surface area contributed by atoms with E-state index in [1.54, 1.807) is 0 Å². The molecule has 0 aliphatic carbocycles. The zero-order valence-electron chi connectivity index (χ0n) is 35.0. The second-order valence-corrected chi connectivity index (χ2v) is 18.1. The van der Waals surface area contributed by atoms with Crippen molar-refractivity contribution in [2.75, 3.05) is 0 Å². The molecule has 15 rings (SSSR count). The molecule has 306 valence electrons. The number of hydrogen-bond acceptors (Lipinski definition) is 6. The Hall–Kier alpha value is -8.65. The lowest BCUT2D eigenvalue weighted by Gasteiger charge is -2.13. The number of fused-ring (bicyclic) bond motifs is 16. The summed E-state index contributed by atoms with van der Waals surface area (Å²) >= 11 is 1.85. The van der Waals surface area contributed by atoms with Crippen LogP contribution in [0.2, 0.25) is 0 Å². The summed E-state index contributed by atoms with van der Waals surface area (Å²) in [5.41, 5.74) is 9.18. The highest BCUT2D eigenvalue weighted by Gasteiger charge is 2.24. The van der Waals surface area contributed by atoms with Crippen LogP contribution in [0.15, 0.2) is 203 Å². The van der Waals surface area contributed by atoms with E-state index in [2.05, 4.69) is 162 Å². The van der Waals surface area contributed by atoms with Gasteiger partial charge < -0.3 is 8.83 Å². The summed E-state index contributed by atoms with van der Waals surface area (Å²) in [7, 11) is 0. The number of benzene rings is 10. The van der Waals surface area contributed by atoms with E-state index in [4.69, 9.17) is 23.8 Å². The molecule has 0 spiro atoms. The molecule has 0 amide bonds. The van der Waals surface area contributed by atoms with Crippen molar-refractivity contribution in [3.63, 3.8) is 0 Å². The van der Waals surface area contributed by atoms with Gasteiger partial charge in [-0.05, 0) is 70.1 Å². The lowest BCUT2D eigenvalue weighted by Crippen LogP contribution is -2.07. The minimum absolute atomic E-state index is 0.515. The van der Waals surface area contributed by atoms with Crippen molar-refractivity contribution < 1.29 is 8.83 Å². The van der Waals surface area contributed by atoms with Crippen LogP contribution in [-0.2, 0) is 0 Å². The average Bonchev–Trinajstić information content (AvgIpc) is 4.15. The summed E-state index contributed by atoms with van der Waals surface area (Å²) in [5.74, 6) is 1.59. The SMILES string of the molecule is c1ccc2c(c1)ccc1sc3c(-c4cccc5c6c7ccccc7ccc6n(-c6nc(-c7ccc8c(c7)oc7ccccc78)nc(-c7ccc8c(c7)oc7ccccc78)n6)c45)cccc3c12. The quantitative estimate of drug-likeness (QED) is 0.176. The van der Waals surface area contributed by atoms with Gasteiger partial charge in [0.1, 0.15) is 22.3 Å². The Bertz CT molecular complexity index is 4420. The number of thiophene rings is 1. The Labute approximate surface area is 379 Å². The molecule has 0 saturated heterocycles. The van der Waals surface area contributed by atoms with Gasteiger partial charge in [-0.1, -0.05) is 146 Å². The number of hydrogen-bond donors (Lipinski definition) is 0. The van der Waals surface area contributed by atoms with E-state index < -0.39 is 0 Å². The molecule has 0 N–H and O–H groups in total. The normalized spacial score (nSPS) is 12.2. The maximum atomic E-state index is 6.42. The first kappa shape index (κ1) is 35.8. The van der Waals surface area contributed by atoms with Gasteiger partial charge in [0.2, 0.25) is 5.95 Å². The van der Waals surface area contributed by atoms with E-state index in [0.717, 1.165) is 87.9 Å². The number of nitrogens with zero attached hydrogens (tertiary/aromatic N) is 4. The van der Waals surface area contributed by atoms with Crippen LogP contribution < -0.4 is 0 Å². The molecule has 0 saturated carbocycles. The number of rotatable bonds is 4. The first-order valence-electron chi connectivity index (χ1n) is 22.1. The molecule has 0 aliphatic rings. The Kier molecular flexibility index (Phi) is 7.28. The maximum Gasteiger partial charge on any atom is 0.238 e. The van der Waals surface area contributed by atoms with Gasteiger partial charge in [0.25, 0.3) is 0 Å². The van der Waals surface area contributed by atoms with Gasteiger partial charge in [-0.15, -0.1) is 11.3 Å². The third-order valence-electron chi connectivity index (χ3n) is 13.5. The van der Waals surface area contributed by atoms with Crippen LogP contribution in [0.5, 0.6) is 0 Å². The van der Waals surface area contributed by atoms with Crippen molar-refractivity contribution in [3.05, 3.63) is 194 Å². The second kappa shape index (κ2) is 13.4. The van der Waals surface area contributed by atoms with Crippen molar-refractivity contribution in [1.29, 1.82) is 0 Å². The van der Waals surface area contributed by atoms with Crippen LogP contribution in [0, 0.1) is 0 Å². The summed E-state index contributed by atoms with van der Waals surface area (Å²) in [6.45, 7) is 0. The first-order chi connectivity index (χ1) is 32.7. The standard InChI is InChI=1S/C59H32N4O2S/c1-3-13-37-33(11-1)25-29-47-53(37)45-19-9-17-43(44-18-10-20-46-54-38-14-4-2-12-34(38)26-30-52(54)66-56(44)46)55(45)63(47)59-61-57(35-23-27-41-39-15-5-7-21-48(39)64-50(41)31-35)60-58(62-59)36-24-28-42-40-16-6-8-22-49(40)65-51(42)32-36/h1-32H. The average molecular weight is 861 g/mol. The molecule has 7 heteroatoms.